The van der Waals surface area contributed by atoms with Gasteiger partial charge in [-0.3, -0.25) is 4.79 Å². The van der Waals surface area contributed by atoms with Crippen LogP contribution in [-0.4, -0.2) is 39.9 Å². The highest BCUT2D eigenvalue weighted by atomic mass is 32.2. The number of aryl methyl sites for hydroxylation is 1. The zero-order valence-electron chi connectivity index (χ0n) is 11.5. The highest BCUT2D eigenvalue weighted by Crippen LogP contribution is 2.22. The van der Waals surface area contributed by atoms with Crippen LogP contribution in [0.15, 0.2) is 17.0 Å². The second-order valence-corrected chi connectivity index (χ2v) is 6.33. The lowest BCUT2D eigenvalue weighted by molar-refractivity contribution is -0.127. The van der Waals surface area contributed by atoms with Gasteiger partial charge in [0.15, 0.2) is 0 Å². The van der Waals surface area contributed by atoms with Gasteiger partial charge in [0.2, 0.25) is 15.9 Å². The molecule has 0 fully saturated rings. The molecule has 0 unspecified atom stereocenters. The molecule has 0 heterocycles. The molecule has 0 spiro atoms. The number of nitrogens with one attached hydrogen (secondary N) is 1. The van der Waals surface area contributed by atoms with Gasteiger partial charge in [-0.05, 0) is 37.1 Å². The molecule has 106 valence electrons. The van der Waals surface area contributed by atoms with Crippen LogP contribution in [0, 0.1) is 13.8 Å². The summed E-state index contributed by atoms with van der Waals surface area (Å²) in [7, 11) is -0.618. The molecule has 0 aliphatic carbocycles. The van der Waals surface area contributed by atoms with Crippen LogP contribution in [0.5, 0.6) is 0 Å². The summed E-state index contributed by atoms with van der Waals surface area (Å²) >= 11 is 0. The maximum atomic E-state index is 12.1. The molecule has 1 aromatic carbocycles. The summed E-state index contributed by atoms with van der Waals surface area (Å²) in [6, 6.07) is 3.24. The largest absolute Gasteiger partial charge is 0.398 e. The number of nitrogen functional groups attached to an aromatic ring is 1. The lowest BCUT2D eigenvalue weighted by Gasteiger charge is -2.14. The molecular weight excluding hydrogens is 266 g/mol. The number of rotatable bonds is 4. The number of anilines is 1. The first kappa shape index (κ1) is 15.5. The number of carbonyl (C=O) groups excluding carboxylic acids is 1. The predicted molar refractivity (Wildman–Crippen MR) is 74.2 cm³/mol. The molecule has 1 aromatic rings. The van der Waals surface area contributed by atoms with Crippen molar-refractivity contribution in [3.63, 3.8) is 0 Å². The van der Waals surface area contributed by atoms with E-state index in [1.54, 1.807) is 34.0 Å². The molecule has 0 aromatic heterocycles. The van der Waals surface area contributed by atoms with Gasteiger partial charge in [-0.25, -0.2) is 13.1 Å². The Morgan fingerprint density at radius 3 is 2.42 bits per heavy atom. The van der Waals surface area contributed by atoms with Gasteiger partial charge in [-0.15, -0.1) is 0 Å². The highest BCUT2D eigenvalue weighted by molar-refractivity contribution is 7.89. The molecule has 0 atom stereocenters. The highest BCUT2D eigenvalue weighted by Gasteiger charge is 2.20. The molecular formula is C12H19N3O3S. The SMILES string of the molecule is Cc1cc(N)c(C)c(S(=O)(=O)NCC(=O)N(C)C)c1. The number of hydrogen-bond donors (Lipinski definition) is 2. The number of sulfonamides is 1. The molecule has 0 radical (unpaired) electrons. The van der Waals surface area contributed by atoms with Crippen molar-refractivity contribution in [2.24, 2.45) is 0 Å². The number of nitrogens with zero attached hydrogens (tertiary/aromatic N) is 1. The Kier molecular flexibility index (Phi) is 4.54. The van der Waals surface area contributed by atoms with Gasteiger partial charge < -0.3 is 10.6 Å². The molecule has 6 nitrogen and oxygen atoms in total. The van der Waals surface area contributed by atoms with E-state index >= 15 is 0 Å². The third kappa shape index (κ3) is 3.68. The van der Waals surface area contributed by atoms with Crippen LogP contribution < -0.4 is 10.5 Å². The van der Waals surface area contributed by atoms with Crippen molar-refractivity contribution in [1.29, 1.82) is 0 Å². The summed E-state index contributed by atoms with van der Waals surface area (Å²) in [5.74, 6) is -0.318. The standard InChI is InChI=1S/C12H19N3O3S/c1-8-5-10(13)9(2)11(6-8)19(17,18)14-7-12(16)15(3)4/h5-6,14H,7,13H2,1-4H3. The van der Waals surface area contributed by atoms with Crippen molar-refractivity contribution in [2.45, 2.75) is 18.7 Å². The van der Waals surface area contributed by atoms with E-state index in [0.717, 1.165) is 5.56 Å². The van der Waals surface area contributed by atoms with Gasteiger partial charge in [-0.2, -0.15) is 0 Å². The van der Waals surface area contributed by atoms with Crippen molar-refractivity contribution in [1.82, 2.24) is 9.62 Å². The minimum Gasteiger partial charge on any atom is -0.398 e. The average molecular weight is 285 g/mol. The first-order valence-corrected chi connectivity index (χ1v) is 7.20. The van der Waals surface area contributed by atoms with Crippen LogP contribution in [-0.2, 0) is 14.8 Å². The molecule has 1 rings (SSSR count). The summed E-state index contributed by atoms with van der Waals surface area (Å²) in [4.78, 5) is 12.8. The first-order valence-electron chi connectivity index (χ1n) is 5.71. The smallest absolute Gasteiger partial charge is 0.241 e. The Labute approximate surface area is 113 Å². The fourth-order valence-corrected chi connectivity index (χ4v) is 2.86. The molecule has 1 amide bonds. The van der Waals surface area contributed by atoms with E-state index in [-0.39, 0.29) is 17.3 Å². The van der Waals surface area contributed by atoms with E-state index in [1.807, 2.05) is 0 Å². The van der Waals surface area contributed by atoms with E-state index < -0.39 is 10.0 Å². The first-order chi connectivity index (χ1) is 8.65. The average Bonchev–Trinajstić information content (AvgIpc) is 2.30. The Bertz CT molecular complexity index is 594. The third-order valence-corrected chi connectivity index (χ3v) is 4.27. The summed E-state index contributed by atoms with van der Waals surface area (Å²) in [5, 5.41) is 0. The quantitative estimate of drug-likeness (QED) is 0.776. The van der Waals surface area contributed by atoms with Crippen LogP contribution in [0.25, 0.3) is 0 Å². The van der Waals surface area contributed by atoms with Crippen LogP contribution in [0.3, 0.4) is 0 Å². The maximum absolute atomic E-state index is 12.1. The second-order valence-electron chi connectivity index (χ2n) is 4.59. The zero-order chi connectivity index (χ0) is 14.8. The van der Waals surface area contributed by atoms with Crippen molar-refractivity contribution in [2.75, 3.05) is 26.4 Å². The van der Waals surface area contributed by atoms with Crippen LogP contribution >= 0.6 is 0 Å². The number of carbonyl (C=O) groups is 1. The molecule has 0 bridgehead atoms. The Hall–Kier alpha value is -1.60. The summed E-state index contributed by atoms with van der Waals surface area (Å²) < 4.78 is 26.6. The number of likely N-dealkylation sites (N-methyl/N-ethyl adjacent to an activating group) is 1. The van der Waals surface area contributed by atoms with Gasteiger partial charge >= 0.3 is 0 Å². The van der Waals surface area contributed by atoms with E-state index in [9.17, 15) is 13.2 Å². The molecule has 0 aliphatic rings. The summed E-state index contributed by atoms with van der Waals surface area (Å²) in [6.07, 6.45) is 0. The van der Waals surface area contributed by atoms with E-state index in [0.29, 0.717) is 11.3 Å². The van der Waals surface area contributed by atoms with Gasteiger partial charge in [0.05, 0.1) is 11.4 Å². The third-order valence-electron chi connectivity index (χ3n) is 2.75. The normalized spacial score (nSPS) is 11.4. The number of amides is 1. The fourth-order valence-electron chi connectivity index (χ4n) is 1.52. The van der Waals surface area contributed by atoms with Crippen LogP contribution in [0.1, 0.15) is 11.1 Å². The fraction of sp³-hybridized carbons (Fsp3) is 0.417. The molecule has 19 heavy (non-hydrogen) atoms. The molecule has 0 aliphatic heterocycles. The van der Waals surface area contributed by atoms with Crippen molar-refractivity contribution in [3.05, 3.63) is 23.3 Å². The van der Waals surface area contributed by atoms with Crippen molar-refractivity contribution >= 4 is 21.6 Å². The topological polar surface area (TPSA) is 92.5 Å². The lowest BCUT2D eigenvalue weighted by atomic mass is 10.1. The molecule has 0 saturated carbocycles. The second kappa shape index (κ2) is 5.58. The monoisotopic (exact) mass is 285 g/mol. The van der Waals surface area contributed by atoms with E-state index in [2.05, 4.69) is 4.72 Å². The maximum Gasteiger partial charge on any atom is 0.241 e. The molecule has 7 heteroatoms. The minimum atomic E-state index is -3.74. The number of nitrogens with two attached hydrogens (primary N) is 1. The summed E-state index contributed by atoms with van der Waals surface area (Å²) in [5.41, 5.74) is 7.41. The van der Waals surface area contributed by atoms with Gasteiger partial charge in [0, 0.05) is 19.8 Å². The van der Waals surface area contributed by atoms with Gasteiger partial charge in [-0.1, -0.05) is 0 Å². The number of benzene rings is 1. The Morgan fingerprint density at radius 2 is 1.89 bits per heavy atom. The van der Waals surface area contributed by atoms with E-state index in [1.165, 1.54) is 11.0 Å². The zero-order valence-corrected chi connectivity index (χ0v) is 12.3. The van der Waals surface area contributed by atoms with Gasteiger partial charge in [0.1, 0.15) is 0 Å². The summed E-state index contributed by atoms with van der Waals surface area (Å²) in [6.45, 7) is 3.12. The van der Waals surface area contributed by atoms with Gasteiger partial charge in [0.25, 0.3) is 0 Å². The Balaban J connectivity index is 3.05. The lowest BCUT2D eigenvalue weighted by Crippen LogP contribution is -2.36. The van der Waals surface area contributed by atoms with Crippen LogP contribution in [0.2, 0.25) is 0 Å². The molecule has 0 saturated heterocycles. The van der Waals surface area contributed by atoms with Crippen LogP contribution in [0.4, 0.5) is 5.69 Å². The van der Waals surface area contributed by atoms with Crippen molar-refractivity contribution < 1.29 is 13.2 Å². The Morgan fingerprint density at radius 1 is 1.32 bits per heavy atom. The minimum absolute atomic E-state index is 0.108. The number of hydrogen-bond acceptors (Lipinski definition) is 4. The predicted octanol–water partition coefficient (Wildman–Crippen LogP) is 0.252. The van der Waals surface area contributed by atoms with E-state index in [4.69, 9.17) is 5.73 Å². The van der Waals surface area contributed by atoms with Crippen molar-refractivity contribution in [3.8, 4) is 0 Å². The molecule has 3 N–H and O–H groups in total.